The average molecular weight is 657 g/mol. The highest BCUT2D eigenvalue weighted by Crippen LogP contribution is 2.15. The number of nitrogens with one attached hydrogen (secondary N) is 2. The van der Waals surface area contributed by atoms with Crippen molar-refractivity contribution >= 4 is 30.1 Å². The molecule has 0 bridgehead atoms. The number of hydrogen-bond donors (Lipinski definition) is 2. The van der Waals surface area contributed by atoms with Crippen LogP contribution >= 0.6 is 0 Å². The monoisotopic (exact) mass is 656 g/mol. The van der Waals surface area contributed by atoms with E-state index in [4.69, 9.17) is 33.2 Å². The van der Waals surface area contributed by atoms with Gasteiger partial charge in [0.25, 0.3) is 0 Å². The summed E-state index contributed by atoms with van der Waals surface area (Å²) in [5, 5.41) is 4.91. The van der Waals surface area contributed by atoms with Crippen LogP contribution in [0.3, 0.4) is 0 Å². The van der Waals surface area contributed by atoms with Crippen molar-refractivity contribution in [3.8, 4) is 11.5 Å². The number of para-hydroxylation sites is 1. The van der Waals surface area contributed by atoms with Gasteiger partial charge in [-0.2, -0.15) is 0 Å². The van der Waals surface area contributed by atoms with Crippen molar-refractivity contribution in [3.63, 3.8) is 0 Å². The molecule has 2 aromatic rings. The molecule has 0 radical (unpaired) electrons. The molecule has 14 heteroatoms. The summed E-state index contributed by atoms with van der Waals surface area (Å²) in [6.45, 7) is 9.79. The van der Waals surface area contributed by atoms with Crippen LogP contribution in [0.25, 0.3) is 0 Å². The van der Waals surface area contributed by atoms with E-state index in [9.17, 15) is 24.0 Å². The lowest BCUT2D eigenvalue weighted by molar-refractivity contribution is -0.139. The Morgan fingerprint density at radius 3 is 1.91 bits per heavy atom. The molecule has 1 unspecified atom stereocenters. The van der Waals surface area contributed by atoms with E-state index in [2.05, 4.69) is 23.8 Å². The number of carbonyl (C=O) groups excluding carboxylic acids is 5. The van der Waals surface area contributed by atoms with E-state index in [0.717, 1.165) is 0 Å². The van der Waals surface area contributed by atoms with Gasteiger partial charge in [-0.3, -0.25) is 0 Å². The molecule has 0 spiro atoms. The molecule has 47 heavy (non-hydrogen) atoms. The minimum atomic E-state index is -0.972. The molecule has 2 aromatic carbocycles. The number of benzene rings is 2. The van der Waals surface area contributed by atoms with E-state index in [-0.39, 0.29) is 69.4 Å². The highest BCUT2D eigenvalue weighted by atomic mass is 16.6. The second-order valence-electron chi connectivity index (χ2n) is 9.80. The van der Waals surface area contributed by atoms with Gasteiger partial charge in [-0.15, -0.1) is 0 Å². The molecule has 0 aliphatic carbocycles. The molecule has 0 fully saturated rings. The van der Waals surface area contributed by atoms with Crippen LogP contribution in [0, 0.1) is 0 Å². The number of ether oxygens (including phenoxy) is 7. The summed E-state index contributed by atoms with van der Waals surface area (Å²) in [6.07, 6.45) is -2.10. The lowest BCUT2D eigenvalue weighted by Gasteiger charge is -2.19. The Morgan fingerprint density at radius 1 is 0.660 bits per heavy atom. The van der Waals surface area contributed by atoms with E-state index in [1.54, 1.807) is 36.4 Å². The summed E-state index contributed by atoms with van der Waals surface area (Å²) in [6, 6.07) is 15.1. The van der Waals surface area contributed by atoms with Crippen molar-refractivity contribution in [3.05, 3.63) is 84.5 Å². The predicted octanol–water partition coefficient (Wildman–Crippen LogP) is 3.75. The molecule has 2 rings (SSSR count). The number of carbonyl (C=O) groups is 5. The fraction of sp³-hybridized carbons (Fsp3) is 0.364. The zero-order chi connectivity index (χ0) is 34.4. The molecule has 2 N–H and O–H groups in total. The summed E-state index contributed by atoms with van der Waals surface area (Å²) in [5.74, 6) is -0.904. The van der Waals surface area contributed by atoms with Gasteiger partial charge in [0.15, 0.2) is 6.10 Å². The molecule has 0 aliphatic heterocycles. The number of amides is 2. The van der Waals surface area contributed by atoms with Crippen LogP contribution in [0.5, 0.6) is 11.5 Å². The fourth-order valence-corrected chi connectivity index (χ4v) is 3.28. The summed E-state index contributed by atoms with van der Waals surface area (Å²) in [5.41, 5.74) is 0.686. The van der Waals surface area contributed by atoms with E-state index in [1.165, 1.54) is 26.0 Å². The Balaban J connectivity index is 1.78. The van der Waals surface area contributed by atoms with Crippen LogP contribution < -0.4 is 20.1 Å². The molecule has 2 amide bonds. The number of rotatable bonds is 20. The molecule has 0 aromatic heterocycles. The molecule has 0 aliphatic rings. The van der Waals surface area contributed by atoms with E-state index in [1.807, 2.05) is 6.07 Å². The number of esters is 3. The first-order valence-electron chi connectivity index (χ1n) is 14.6. The average Bonchev–Trinajstić information content (AvgIpc) is 3.06. The van der Waals surface area contributed by atoms with Gasteiger partial charge in [0.2, 0.25) is 0 Å². The Morgan fingerprint density at radius 2 is 1.28 bits per heavy atom. The molecule has 254 valence electrons. The topological polar surface area (TPSA) is 174 Å². The first kappa shape index (κ1) is 37.7. The summed E-state index contributed by atoms with van der Waals surface area (Å²) < 4.78 is 36.9. The van der Waals surface area contributed by atoms with Gasteiger partial charge in [0.1, 0.15) is 37.9 Å². The third-order valence-electron chi connectivity index (χ3n) is 5.62. The van der Waals surface area contributed by atoms with Crippen LogP contribution in [0.1, 0.15) is 30.6 Å². The van der Waals surface area contributed by atoms with E-state index >= 15 is 0 Å². The summed E-state index contributed by atoms with van der Waals surface area (Å²) in [4.78, 5) is 59.6. The fourth-order valence-electron chi connectivity index (χ4n) is 3.28. The third kappa shape index (κ3) is 16.4. The minimum absolute atomic E-state index is 0.00913. The highest BCUT2D eigenvalue weighted by molar-refractivity contribution is 5.90. The van der Waals surface area contributed by atoms with Crippen molar-refractivity contribution in [2.75, 3.05) is 52.7 Å². The molecular formula is C33H40N2O12. The van der Waals surface area contributed by atoms with Gasteiger partial charge in [0.05, 0.1) is 31.9 Å². The molecule has 0 heterocycles. The Labute approximate surface area is 272 Å². The standard InChI is InChI=1S/C33H40N2O12/c1-23(2)29(36)42-18-14-34-32(39)44-17-9-16-41-27-13-8-10-25(20-27)31(38)46-22-28(21-45-26-11-6-5-7-12-26)47-33(40)35-15-19-43-30(37)24(3)4/h5-8,10-13,20,28H,1,3,9,14-19,21-22H2,2,4H3,(H,34,39)(H,35,40). The molecule has 0 saturated carbocycles. The van der Waals surface area contributed by atoms with Crippen molar-refractivity contribution in [2.24, 2.45) is 0 Å². The number of hydrogen-bond acceptors (Lipinski definition) is 12. The predicted molar refractivity (Wildman–Crippen MR) is 168 cm³/mol. The van der Waals surface area contributed by atoms with Gasteiger partial charge < -0.3 is 43.8 Å². The summed E-state index contributed by atoms with van der Waals surface area (Å²) in [7, 11) is 0. The zero-order valence-corrected chi connectivity index (χ0v) is 26.5. The zero-order valence-electron chi connectivity index (χ0n) is 26.5. The van der Waals surface area contributed by atoms with Crippen LogP contribution in [0.2, 0.25) is 0 Å². The highest BCUT2D eigenvalue weighted by Gasteiger charge is 2.19. The van der Waals surface area contributed by atoms with Crippen LogP contribution in [-0.4, -0.2) is 88.9 Å². The van der Waals surface area contributed by atoms with Crippen LogP contribution in [0.4, 0.5) is 9.59 Å². The largest absolute Gasteiger partial charge is 0.493 e. The van der Waals surface area contributed by atoms with Gasteiger partial charge >= 0.3 is 30.1 Å². The maximum Gasteiger partial charge on any atom is 0.407 e. The smallest absolute Gasteiger partial charge is 0.407 e. The Kier molecular flexibility index (Phi) is 17.0. The molecular weight excluding hydrogens is 616 g/mol. The maximum absolute atomic E-state index is 12.8. The van der Waals surface area contributed by atoms with Crippen molar-refractivity contribution < 1.29 is 57.1 Å². The summed E-state index contributed by atoms with van der Waals surface area (Å²) >= 11 is 0. The first-order chi connectivity index (χ1) is 22.5. The van der Waals surface area contributed by atoms with Gasteiger partial charge in [-0.25, -0.2) is 24.0 Å². The van der Waals surface area contributed by atoms with Gasteiger partial charge in [-0.1, -0.05) is 37.4 Å². The lowest BCUT2D eigenvalue weighted by atomic mass is 10.2. The van der Waals surface area contributed by atoms with Crippen molar-refractivity contribution in [2.45, 2.75) is 26.4 Å². The van der Waals surface area contributed by atoms with E-state index < -0.39 is 36.2 Å². The van der Waals surface area contributed by atoms with Crippen molar-refractivity contribution in [1.29, 1.82) is 0 Å². The second-order valence-corrected chi connectivity index (χ2v) is 9.80. The minimum Gasteiger partial charge on any atom is -0.493 e. The molecule has 0 saturated heterocycles. The van der Waals surface area contributed by atoms with Gasteiger partial charge in [-0.05, 0) is 44.2 Å². The normalized spacial score (nSPS) is 10.8. The molecule has 1 atom stereocenters. The Bertz CT molecular complexity index is 1360. The van der Waals surface area contributed by atoms with Crippen LogP contribution in [-0.2, 0) is 33.3 Å². The van der Waals surface area contributed by atoms with E-state index in [0.29, 0.717) is 17.9 Å². The molecule has 14 nitrogen and oxygen atoms in total. The Hall–Kier alpha value is -5.53. The first-order valence-corrected chi connectivity index (χ1v) is 14.6. The third-order valence-corrected chi connectivity index (χ3v) is 5.62. The van der Waals surface area contributed by atoms with Crippen LogP contribution in [0.15, 0.2) is 78.9 Å². The SMILES string of the molecule is C=C(C)C(=O)OCCNC(=O)OCCCOc1cccc(C(=O)OCC(COc2ccccc2)OC(=O)NCCOC(=O)C(=C)C)c1. The van der Waals surface area contributed by atoms with Gasteiger partial charge in [0, 0.05) is 17.6 Å². The lowest BCUT2D eigenvalue weighted by Crippen LogP contribution is -2.37. The second kappa shape index (κ2) is 21.2. The maximum atomic E-state index is 12.8. The quantitative estimate of drug-likeness (QED) is 0.0916. The number of alkyl carbamates (subject to hydrolysis) is 2. The van der Waals surface area contributed by atoms with Crippen molar-refractivity contribution in [1.82, 2.24) is 10.6 Å².